The lowest BCUT2D eigenvalue weighted by atomic mass is 10.1. The van der Waals surface area contributed by atoms with E-state index in [2.05, 4.69) is 10.3 Å². The zero-order valence-corrected chi connectivity index (χ0v) is 13.9. The standard InChI is InChI=1S/C17H16N4O5/c22-14(21-7-5-18-17(21)25)9-26-16(24)10-3-4-11-12(8-10)19-13-2-1-6-20(13)15(11)23/h3-4,8H,1-2,5-7,9H2,(H,18,25). The van der Waals surface area contributed by atoms with Crippen LogP contribution in [0.5, 0.6) is 0 Å². The fourth-order valence-corrected chi connectivity index (χ4v) is 3.21. The maximum atomic E-state index is 12.4. The Bertz CT molecular complexity index is 997. The van der Waals surface area contributed by atoms with Gasteiger partial charge in [0.25, 0.3) is 11.5 Å². The van der Waals surface area contributed by atoms with E-state index in [0.29, 0.717) is 29.8 Å². The van der Waals surface area contributed by atoms with Crippen LogP contribution in [0.2, 0.25) is 0 Å². The Labute approximate surface area is 147 Å². The van der Waals surface area contributed by atoms with Crippen LogP contribution in [0.3, 0.4) is 0 Å². The molecule has 1 fully saturated rings. The molecule has 0 saturated carbocycles. The van der Waals surface area contributed by atoms with Crippen LogP contribution >= 0.6 is 0 Å². The van der Waals surface area contributed by atoms with Gasteiger partial charge in [-0.05, 0) is 24.6 Å². The molecule has 0 atom stereocenters. The number of aryl methyl sites for hydroxylation is 1. The van der Waals surface area contributed by atoms with Crippen molar-refractivity contribution in [1.29, 1.82) is 0 Å². The number of urea groups is 1. The Balaban J connectivity index is 1.52. The highest BCUT2D eigenvalue weighted by Gasteiger charge is 2.27. The van der Waals surface area contributed by atoms with E-state index in [1.54, 1.807) is 10.6 Å². The molecule has 1 saturated heterocycles. The van der Waals surface area contributed by atoms with E-state index >= 15 is 0 Å². The minimum Gasteiger partial charge on any atom is -0.452 e. The van der Waals surface area contributed by atoms with Crippen LogP contribution in [-0.4, -0.2) is 52.1 Å². The lowest BCUT2D eigenvalue weighted by molar-refractivity contribution is -0.130. The molecule has 3 heterocycles. The van der Waals surface area contributed by atoms with Crippen molar-refractivity contribution in [2.45, 2.75) is 19.4 Å². The number of benzene rings is 1. The van der Waals surface area contributed by atoms with Crippen molar-refractivity contribution in [2.24, 2.45) is 0 Å². The van der Waals surface area contributed by atoms with Gasteiger partial charge in [-0.3, -0.25) is 19.1 Å². The number of ether oxygens (including phenoxy) is 1. The average molecular weight is 356 g/mol. The molecular weight excluding hydrogens is 340 g/mol. The molecule has 0 spiro atoms. The van der Waals surface area contributed by atoms with Crippen molar-refractivity contribution in [1.82, 2.24) is 19.8 Å². The molecule has 9 nitrogen and oxygen atoms in total. The van der Waals surface area contributed by atoms with Crippen molar-refractivity contribution in [3.05, 3.63) is 39.9 Å². The number of esters is 1. The molecule has 134 valence electrons. The maximum Gasteiger partial charge on any atom is 0.338 e. The van der Waals surface area contributed by atoms with Gasteiger partial charge in [0.2, 0.25) is 0 Å². The van der Waals surface area contributed by atoms with Crippen molar-refractivity contribution in [2.75, 3.05) is 19.7 Å². The predicted molar refractivity (Wildman–Crippen MR) is 89.7 cm³/mol. The summed E-state index contributed by atoms with van der Waals surface area (Å²) in [5.74, 6) is -0.575. The van der Waals surface area contributed by atoms with Crippen LogP contribution in [0.4, 0.5) is 4.79 Å². The second-order valence-electron chi connectivity index (χ2n) is 6.17. The highest BCUT2D eigenvalue weighted by atomic mass is 16.5. The molecule has 2 aliphatic heterocycles. The van der Waals surface area contributed by atoms with E-state index in [1.165, 1.54) is 12.1 Å². The number of nitrogens with one attached hydrogen (secondary N) is 1. The number of fused-ring (bicyclic) bond motifs is 2. The third-order valence-electron chi connectivity index (χ3n) is 4.54. The van der Waals surface area contributed by atoms with Gasteiger partial charge in [-0.2, -0.15) is 0 Å². The molecule has 3 amide bonds. The number of imide groups is 1. The smallest absolute Gasteiger partial charge is 0.338 e. The molecule has 1 N–H and O–H groups in total. The summed E-state index contributed by atoms with van der Waals surface area (Å²) in [6.07, 6.45) is 1.60. The molecule has 1 aromatic carbocycles. The number of aromatic nitrogens is 2. The lowest BCUT2D eigenvalue weighted by Crippen LogP contribution is -2.37. The minimum absolute atomic E-state index is 0.113. The minimum atomic E-state index is -0.706. The van der Waals surface area contributed by atoms with Crippen LogP contribution in [0.15, 0.2) is 23.0 Å². The summed E-state index contributed by atoms with van der Waals surface area (Å²) in [7, 11) is 0. The van der Waals surface area contributed by atoms with Crippen molar-refractivity contribution in [3.63, 3.8) is 0 Å². The first kappa shape index (κ1) is 16.2. The zero-order chi connectivity index (χ0) is 18.3. The third kappa shape index (κ3) is 2.71. The summed E-state index contributed by atoms with van der Waals surface area (Å²) < 4.78 is 6.65. The summed E-state index contributed by atoms with van der Waals surface area (Å²) in [5, 5.41) is 2.94. The van der Waals surface area contributed by atoms with E-state index < -0.39 is 24.5 Å². The summed E-state index contributed by atoms with van der Waals surface area (Å²) in [6.45, 7) is 0.774. The lowest BCUT2D eigenvalue weighted by Gasteiger charge is -2.12. The highest BCUT2D eigenvalue weighted by Crippen LogP contribution is 2.16. The Morgan fingerprint density at radius 3 is 2.85 bits per heavy atom. The van der Waals surface area contributed by atoms with Gasteiger partial charge in [-0.25, -0.2) is 14.6 Å². The first-order valence-corrected chi connectivity index (χ1v) is 8.33. The van der Waals surface area contributed by atoms with Crippen LogP contribution < -0.4 is 10.9 Å². The van der Waals surface area contributed by atoms with E-state index in [1.807, 2.05) is 0 Å². The fraction of sp³-hybridized carbons (Fsp3) is 0.353. The van der Waals surface area contributed by atoms with Crippen LogP contribution in [-0.2, 0) is 22.5 Å². The number of carbonyl (C=O) groups excluding carboxylic acids is 3. The Morgan fingerprint density at radius 2 is 2.08 bits per heavy atom. The first-order valence-electron chi connectivity index (χ1n) is 8.33. The van der Waals surface area contributed by atoms with Crippen LogP contribution in [0.1, 0.15) is 22.6 Å². The molecule has 9 heteroatoms. The quantitative estimate of drug-likeness (QED) is 0.778. The summed E-state index contributed by atoms with van der Waals surface area (Å²) in [6, 6.07) is 4.02. The average Bonchev–Trinajstić information content (AvgIpc) is 3.28. The number of hydrogen-bond donors (Lipinski definition) is 1. The van der Waals surface area contributed by atoms with Gasteiger partial charge in [-0.15, -0.1) is 0 Å². The number of amides is 3. The molecular formula is C17H16N4O5. The number of carbonyl (C=O) groups is 3. The van der Waals surface area contributed by atoms with Gasteiger partial charge >= 0.3 is 12.0 Å². The molecule has 26 heavy (non-hydrogen) atoms. The monoisotopic (exact) mass is 356 g/mol. The van der Waals surface area contributed by atoms with Gasteiger partial charge in [0.1, 0.15) is 5.82 Å². The summed E-state index contributed by atoms with van der Waals surface area (Å²) >= 11 is 0. The highest BCUT2D eigenvalue weighted by molar-refractivity contribution is 5.99. The molecule has 0 unspecified atom stereocenters. The molecule has 1 aromatic heterocycles. The van der Waals surface area contributed by atoms with Gasteiger partial charge < -0.3 is 10.1 Å². The molecule has 0 radical (unpaired) electrons. The first-order chi connectivity index (χ1) is 12.5. The van der Waals surface area contributed by atoms with E-state index in [9.17, 15) is 19.2 Å². The Hall–Kier alpha value is -3.23. The molecule has 4 rings (SSSR count). The maximum absolute atomic E-state index is 12.4. The van der Waals surface area contributed by atoms with Crippen LogP contribution in [0.25, 0.3) is 10.9 Å². The SMILES string of the molecule is O=C(OCC(=O)N1CCNC1=O)c1ccc2c(=O)n3c(nc2c1)CCC3. The third-order valence-corrected chi connectivity index (χ3v) is 4.54. The second-order valence-corrected chi connectivity index (χ2v) is 6.17. The van der Waals surface area contributed by atoms with Crippen molar-refractivity contribution in [3.8, 4) is 0 Å². The second kappa shape index (κ2) is 6.25. The zero-order valence-electron chi connectivity index (χ0n) is 13.9. The van der Waals surface area contributed by atoms with E-state index in [0.717, 1.165) is 17.7 Å². The Morgan fingerprint density at radius 1 is 1.23 bits per heavy atom. The van der Waals surface area contributed by atoms with E-state index in [-0.39, 0.29) is 17.7 Å². The fourth-order valence-electron chi connectivity index (χ4n) is 3.21. The van der Waals surface area contributed by atoms with Crippen molar-refractivity contribution < 1.29 is 19.1 Å². The van der Waals surface area contributed by atoms with Gasteiger partial charge in [0.05, 0.1) is 16.5 Å². The number of nitrogens with zero attached hydrogens (tertiary/aromatic N) is 3. The summed E-state index contributed by atoms with van der Waals surface area (Å²) in [4.78, 5) is 53.4. The molecule has 2 aromatic rings. The topological polar surface area (TPSA) is 111 Å². The predicted octanol–water partition coefficient (Wildman–Crippen LogP) is 0.0513. The number of rotatable bonds is 3. The van der Waals surface area contributed by atoms with Gasteiger partial charge in [-0.1, -0.05) is 0 Å². The normalized spacial score (nSPS) is 15.8. The molecule has 2 aliphatic rings. The molecule has 0 bridgehead atoms. The molecule has 0 aliphatic carbocycles. The summed E-state index contributed by atoms with van der Waals surface area (Å²) in [5.41, 5.74) is 0.520. The Kier molecular flexibility index (Phi) is 3.90. The van der Waals surface area contributed by atoms with Crippen LogP contribution in [0, 0.1) is 0 Å². The number of hydrogen-bond acceptors (Lipinski definition) is 6. The van der Waals surface area contributed by atoms with Crippen molar-refractivity contribution >= 4 is 28.8 Å². The van der Waals surface area contributed by atoms with Gasteiger partial charge in [0, 0.05) is 26.1 Å². The van der Waals surface area contributed by atoms with Gasteiger partial charge in [0.15, 0.2) is 6.61 Å². The van der Waals surface area contributed by atoms with E-state index in [4.69, 9.17) is 4.74 Å². The largest absolute Gasteiger partial charge is 0.452 e.